The van der Waals surface area contributed by atoms with Crippen LogP contribution in [0.5, 0.6) is 0 Å². The molecule has 1 fully saturated rings. The molecule has 2 N–H and O–H groups in total. The van der Waals surface area contributed by atoms with Gasteiger partial charge in [-0.2, -0.15) is 5.10 Å². The highest BCUT2D eigenvalue weighted by molar-refractivity contribution is 4.82. The van der Waals surface area contributed by atoms with Gasteiger partial charge in [-0.05, 0) is 39.4 Å². The Hall–Kier alpha value is -0.940. The molecular weight excluding hydrogens is 202 g/mol. The second kappa shape index (κ2) is 5.96. The average Bonchev–Trinajstić information content (AvgIpc) is 2.70. The van der Waals surface area contributed by atoms with Gasteiger partial charge in [-0.3, -0.25) is 5.10 Å². The van der Waals surface area contributed by atoms with E-state index in [0.717, 1.165) is 18.8 Å². The third kappa shape index (κ3) is 3.57. The lowest BCUT2D eigenvalue weighted by atomic mass is 10.1. The van der Waals surface area contributed by atoms with Crippen molar-refractivity contribution in [3.63, 3.8) is 0 Å². The molecule has 0 aromatic carbocycles. The van der Waals surface area contributed by atoms with E-state index >= 15 is 0 Å². The molecule has 1 atom stereocenters. The first kappa shape index (κ1) is 11.5. The van der Waals surface area contributed by atoms with Crippen molar-refractivity contribution in [3.05, 3.63) is 12.2 Å². The standard InChI is InChI=1S/C11H21N5/c1-16-7-2-3-10(5-8-16)12-6-4-11-13-9-14-15-11/h9-10,12H,2-8H2,1H3,(H,13,14,15). The van der Waals surface area contributed by atoms with Crippen LogP contribution >= 0.6 is 0 Å². The molecule has 5 heteroatoms. The van der Waals surface area contributed by atoms with Gasteiger partial charge in [0.15, 0.2) is 0 Å². The second-order valence-electron chi connectivity index (χ2n) is 4.57. The summed E-state index contributed by atoms with van der Waals surface area (Å²) in [6, 6.07) is 0.674. The molecule has 5 nitrogen and oxygen atoms in total. The molecule has 1 aliphatic rings. The van der Waals surface area contributed by atoms with Gasteiger partial charge in [0, 0.05) is 19.0 Å². The van der Waals surface area contributed by atoms with E-state index in [1.54, 1.807) is 6.33 Å². The number of hydrogen-bond acceptors (Lipinski definition) is 4. The van der Waals surface area contributed by atoms with Crippen molar-refractivity contribution in [1.29, 1.82) is 0 Å². The fourth-order valence-electron chi connectivity index (χ4n) is 2.19. The predicted molar refractivity (Wildman–Crippen MR) is 63.2 cm³/mol. The third-order valence-electron chi connectivity index (χ3n) is 3.21. The molecule has 1 aromatic rings. The summed E-state index contributed by atoms with van der Waals surface area (Å²) < 4.78 is 0. The van der Waals surface area contributed by atoms with Gasteiger partial charge in [-0.15, -0.1) is 0 Å². The van der Waals surface area contributed by atoms with Crippen LogP contribution in [0.2, 0.25) is 0 Å². The Morgan fingerprint density at radius 2 is 2.44 bits per heavy atom. The number of aromatic amines is 1. The lowest BCUT2D eigenvalue weighted by Gasteiger charge is -2.16. The highest BCUT2D eigenvalue weighted by Crippen LogP contribution is 2.09. The molecule has 1 aromatic heterocycles. The minimum atomic E-state index is 0.674. The van der Waals surface area contributed by atoms with Crippen LogP contribution in [0.25, 0.3) is 0 Å². The van der Waals surface area contributed by atoms with E-state index in [9.17, 15) is 0 Å². The molecular formula is C11H21N5. The zero-order valence-corrected chi connectivity index (χ0v) is 9.95. The zero-order chi connectivity index (χ0) is 11.2. The van der Waals surface area contributed by atoms with E-state index in [0.29, 0.717) is 6.04 Å². The van der Waals surface area contributed by atoms with E-state index in [1.165, 1.54) is 32.4 Å². The van der Waals surface area contributed by atoms with Gasteiger partial charge >= 0.3 is 0 Å². The smallest absolute Gasteiger partial charge is 0.137 e. The van der Waals surface area contributed by atoms with Gasteiger partial charge < -0.3 is 10.2 Å². The SMILES string of the molecule is CN1CCCC(NCCc2ncn[nH]2)CC1. The van der Waals surface area contributed by atoms with Crippen molar-refractivity contribution in [1.82, 2.24) is 25.4 Å². The van der Waals surface area contributed by atoms with E-state index in [-0.39, 0.29) is 0 Å². The summed E-state index contributed by atoms with van der Waals surface area (Å²) in [7, 11) is 2.21. The van der Waals surface area contributed by atoms with Crippen molar-refractivity contribution >= 4 is 0 Å². The van der Waals surface area contributed by atoms with Crippen LogP contribution in [0.3, 0.4) is 0 Å². The van der Waals surface area contributed by atoms with Crippen LogP contribution in [-0.2, 0) is 6.42 Å². The molecule has 0 spiro atoms. The molecule has 90 valence electrons. The highest BCUT2D eigenvalue weighted by atomic mass is 15.2. The summed E-state index contributed by atoms with van der Waals surface area (Å²) in [4.78, 5) is 6.53. The predicted octanol–water partition coefficient (Wildman–Crippen LogP) is 0.421. The van der Waals surface area contributed by atoms with Gasteiger partial charge in [-0.1, -0.05) is 0 Å². The molecule has 0 radical (unpaired) electrons. The van der Waals surface area contributed by atoms with Crippen LogP contribution < -0.4 is 5.32 Å². The molecule has 2 rings (SSSR count). The number of aromatic nitrogens is 3. The fourth-order valence-corrected chi connectivity index (χ4v) is 2.19. The van der Waals surface area contributed by atoms with E-state index in [2.05, 4.69) is 32.4 Å². The average molecular weight is 223 g/mol. The normalized spacial score (nSPS) is 23.2. The summed E-state index contributed by atoms with van der Waals surface area (Å²) in [6.45, 7) is 3.43. The molecule has 16 heavy (non-hydrogen) atoms. The largest absolute Gasteiger partial charge is 0.313 e. The van der Waals surface area contributed by atoms with E-state index in [4.69, 9.17) is 0 Å². The lowest BCUT2D eigenvalue weighted by Crippen LogP contribution is -2.32. The van der Waals surface area contributed by atoms with Crippen molar-refractivity contribution in [2.75, 3.05) is 26.7 Å². The summed E-state index contributed by atoms with van der Waals surface area (Å²) >= 11 is 0. The van der Waals surface area contributed by atoms with E-state index in [1.807, 2.05) is 0 Å². The Kier molecular flexibility index (Phi) is 4.30. The fraction of sp³-hybridized carbons (Fsp3) is 0.818. The number of nitrogens with zero attached hydrogens (tertiary/aromatic N) is 3. The lowest BCUT2D eigenvalue weighted by molar-refractivity contribution is 0.344. The Morgan fingerprint density at radius 1 is 1.50 bits per heavy atom. The first-order valence-corrected chi connectivity index (χ1v) is 6.11. The van der Waals surface area contributed by atoms with Crippen molar-refractivity contribution < 1.29 is 0 Å². The summed E-state index contributed by atoms with van der Waals surface area (Å²) in [5, 5.41) is 10.3. The molecule has 2 heterocycles. The van der Waals surface area contributed by atoms with Crippen LogP contribution in [0.1, 0.15) is 25.1 Å². The molecule has 1 saturated heterocycles. The first-order chi connectivity index (χ1) is 7.84. The van der Waals surface area contributed by atoms with Gasteiger partial charge in [0.1, 0.15) is 12.2 Å². The molecule has 0 bridgehead atoms. The Labute approximate surface area is 96.6 Å². The summed E-state index contributed by atoms with van der Waals surface area (Å²) in [5.74, 6) is 0.971. The zero-order valence-electron chi connectivity index (χ0n) is 9.95. The van der Waals surface area contributed by atoms with Crippen LogP contribution in [-0.4, -0.2) is 52.8 Å². The third-order valence-corrected chi connectivity index (χ3v) is 3.21. The molecule has 0 aliphatic carbocycles. The van der Waals surface area contributed by atoms with Gasteiger partial charge in [0.05, 0.1) is 0 Å². The quantitative estimate of drug-likeness (QED) is 0.777. The van der Waals surface area contributed by atoms with Gasteiger partial charge in [0.2, 0.25) is 0 Å². The minimum Gasteiger partial charge on any atom is -0.313 e. The first-order valence-electron chi connectivity index (χ1n) is 6.11. The van der Waals surface area contributed by atoms with Gasteiger partial charge in [-0.25, -0.2) is 4.98 Å². The molecule has 0 amide bonds. The Bertz CT molecular complexity index is 285. The number of H-pyrrole nitrogens is 1. The minimum absolute atomic E-state index is 0.674. The molecule has 1 unspecified atom stereocenters. The van der Waals surface area contributed by atoms with Crippen LogP contribution in [0.15, 0.2) is 6.33 Å². The molecule has 0 saturated carbocycles. The Morgan fingerprint density at radius 3 is 3.25 bits per heavy atom. The maximum absolute atomic E-state index is 4.11. The van der Waals surface area contributed by atoms with E-state index < -0.39 is 0 Å². The monoisotopic (exact) mass is 223 g/mol. The second-order valence-corrected chi connectivity index (χ2v) is 4.57. The maximum Gasteiger partial charge on any atom is 0.137 e. The number of likely N-dealkylation sites (tertiary alicyclic amines) is 1. The maximum atomic E-state index is 4.11. The van der Waals surface area contributed by atoms with Crippen molar-refractivity contribution in [2.45, 2.75) is 31.7 Å². The topological polar surface area (TPSA) is 56.8 Å². The van der Waals surface area contributed by atoms with Crippen molar-refractivity contribution in [2.24, 2.45) is 0 Å². The van der Waals surface area contributed by atoms with Crippen molar-refractivity contribution in [3.8, 4) is 0 Å². The number of hydrogen-bond donors (Lipinski definition) is 2. The van der Waals surface area contributed by atoms with Gasteiger partial charge in [0.25, 0.3) is 0 Å². The number of nitrogens with one attached hydrogen (secondary N) is 2. The van der Waals surface area contributed by atoms with Crippen LogP contribution in [0.4, 0.5) is 0 Å². The molecule has 1 aliphatic heterocycles. The summed E-state index contributed by atoms with van der Waals surface area (Å²) in [5.41, 5.74) is 0. The number of rotatable bonds is 4. The highest BCUT2D eigenvalue weighted by Gasteiger charge is 2.13. The Balaban J connectivity index is 1.65. The van der Waals surface area contributed by atoms with Crippen LogP contribution in [0, 0.1) is 0 Å². The summed E-state index contributed by atoms with van der Waals surface area (Å²) in [6.07, 6.45) is 6.35.